The van der Waals surface area contributed by atoms with Gasteiger partial charge in [0.25, 0.3) is 5.91 Å². The van der Waals surface area contributed by atoms with Crippen molar-refractivity contribution in [1.82, 2.24) is 4.90 Å². The number of aryl methyl sites for hydroxylation is 2. The zero-order chi connectivity index (χ0) is 21.6. The summed E-state index contributed by atoms with van der Waals surface area (Å²) in [7, 11) is 1.47. The number of hydrogen-bond acceptors (Lipinski definition) is 4. The van der Waals surface area contributed by atoms with Crippen LogP contribution in [-0.2, 0) is 0 Å². The average Bonchev–Trinajstić information content (AvgIpc) is 3.26. The number of methoxy groups -OCH3 is 1. The molecule has 0 aromatic heterocycles. The van der Waals surface area contributed by atoms with Gasteiger partial charge >= 0.3 is 0 Å². The number of anilines is 1. The van der Waals surface area contributed by atoms with E-state index in [1.54, 1.807) is 6.07 Å². The molecule has 2 aliphatic rings. The molecule has 6 heteroatoms. The van der Waals surface area contributed by atoms with Crippen LogP contribution >= 0.6 is 0 Å². The standard InChI is InChI=1S/C24H26FN3O2/c1-14-7-18(8-15(2)21(14)10-26)27-11-17-12-28(16(3)22(17)13-27)24(29)20-6-5-19(30-4)9-23(20)25/h5-9,16-17,22H,11-13H2,1-4H3/t16-,17+,22-/m0/s1. The van der Waals surface area contributed by atoms with Crippen LogP contribution in [0.2, 0.25) is 0 Å². The third-order valence-corrected chi connectivity index (χ3v) is 6.70. The Morgan fingerprint density at radius 2 is 1.87 bits per heavy atom. The summed E-state index contributed by atoms with van der Waals surface area (Å²) in [5.41, 5.74) is 3.95. The van der Waals surface area contributed by atoms with Gasteiger partial charge in [0.05, 0.1) is 24.3 Å². The van der Waals surface area contributed by atoms with Gasteiger partial charge in [-0.2, -0.15) is 5.26 Å². The van der Waals surface area contributed by atoms with Crippen molar-refractivity contribution in [3.8, 4) is 11.8 Å². The molecule has 5 nitrogen and oxygen atoms in total. The lowest BCUT2D eigenvalue weighted by Crippen LogP contribution is -2.39. The first kappa shape index (κ1) is 20.2. The minimum Gasteiger partial charge on any atom is -0.497 e. The molecule has 3 atom stereocenters. The Morgan fingerprint density at radius 1 is 1.17 bits per heavy atom. The fraction of sp³-hybridized carbons (Fsp3) is 0.417. The lowest BCUT2D eigenvalue weighted by molar-refractivity contribution is 0.0725. The SMILES string of the molecule is COc1ccc(C(=O)N2C[C@H]3CN(c4cc(C)c(C#N)c(C)c4)C[C@H]3[C@@H]2C)c(F)c1. The average molecular weight is 407 g/mol. The number of likely N-dealkylation sites (tertiary alicyclic amines) is 1. The van der Waals surface area contributed by atoms with Gasteiger partial charge in [0.1, 0.15) is 11.6 Å². The number of ether oxygens (including phenoxy) is 1. The number of halogens is 1. The van der Waals surface area contributed by atoms with Crippen molar-refractivity contribution in [1.29, 1.82) is 5.26 Å². The summed E-state index contributed by atoms with van der Waals surface area (Å²) in [5.74, 6) is 0.287. The summed E-state index contributed by atoms with van der Waals surface area (Å²) in [5, 5.41) is 9.31. The van der Waals surface area contributed by atoms with Crippen LogP contribution in [0.25, 0.3) is 0 Å². The minimum atomic E-state index is -0.547. The molecule has 0 spiro atoms. The maximum absolute atomic E-state index is 14.4. The molecule has 2 saturated heterocycles. The van der Waals surface area contributed by atoms with Crippen LogP contribution in [0.5, 0.6) is 5.75 Å². The highest BCUT2D eigenvalue weighted by atomic mass is 19.1. The molecule has 2 aromatic rings. The van der Waals surface area contributed by atoms with E-state index in [0.29, 0.717) is 24.1 Å². The predicted octanol–water partition coefficient (Wildman–Crippen LogP) is 3.92. The fourth-order valence-corrected chi connectivity index (χ4v) is 5.02. The number of rotatable bonds is 3. The van der Waals surface area contributed by atoms with Gasteiger partial charge in [0.15, 0.2) is 0 Å². The molecule has 2 fully saturated rings. The number of fused-ring (bicyclic) bond motifs is 1. The number of carbonyl (C=O) groups is 1. The third-order valence-electron chi connectivity index (χ3n) is 6.70. The van der Waals surface area contributed by atoms with Crippen molar-refractivity contribution < 1.29 is 13.9 Å². The van der Waals surface area contributed by atoms with E-state index in [1.807, 2.05) is 18.7 Å². The number of nitriles is 1. The van der Waals surface area contributed by atoms with Crippen molar-refractivity contribution in [3.63, 3.8) is 0 Å². The summed E-state index contributed by atoms with van der Waals surface area (Å²) in [6.07, 6.45) is 0. The van der Waals surface area contributed by atoms with Crippen LogP contribution in [0.15, 0.2) is 30.3 Å². The van der Waals surface area contributed by atoms with E-state index in [9.17, 15) is 14.4 Å². The van der Waals surface area contributed by atoms with Crippen molar-refractivity contribution in [2.75, 3.05) is 31.6 Å². The summed E-state index contributed by atoms with van der Waals surface area (Å²) in [6.45, 7) is 8.33. The zero-order valence-electron chi connectivity index (χ0n) is 17.8. The normalized spacial score (nSPS) is 22.7. The quantitative estimate of drug-likeness (QED) is 0.774. The number of carbonyl (C=O) groups excluding carboxylic acids is 1. The molecule has 30 heavy (non-hydrogen) atoms. The molecular weight excluding hydrogens is 381 g/mol. The highest BCUT2D eigenvalue weighted by Crippen LogP contribution is 2.39. The molecule has 0 unspecified atom stereocenters. The van der Waals surface area contributed by atoms with E-state index < -0.39 is 5.82 Å². The highest BCUT2D eigenvalue weighted by molar-refractivity contribution is 5.95. The van der Waals surface area contributed by atoms with Gasteiger partial charge in [-0.15, -0.1) is 0 Å². The number of amides is 1. The van der Waals surface area contributed by atoms with Crippen LogP contribution < -0.4 is 9.64 Å². The summed E-state index contributed by atoms with van der Waals surface area (Å²) in [6, 6.07) is 10.8. The molecule has 0 saturated carbocycles. The van der Waals surface area contributed by atoms with E-state index >= 15 is 0 Å². The summed E-state index contributed by atoms with van der Waals surface area (Å²) in [4.78, 5) is 17.2. The van der Waals surface area contributed by atoms with Gasteiger partial charge in [0.2, 0.25) is 0 Å². The van der Waals surface area contributed by atoms with Gasteiger partial charge in [-0.1, -0.05) is 0 Å². The van der Waals surface area contributed by atoms with Crippen molar-refractivity contribution in [2.45, 2.75) is 26.8 Å². The molecule has 2 aromatic carbocycles. The Balaban J connectivity index is 1.50. The second kappa shape index (κ2) is 7.64. The summed E-state index contributed by atoms with van der Waals surface area (Å²) < 4.78 is 19.5. The Kier molecular flexibility index (Phi) is 5.15. The van der Waals surface area contributed by atoms with Crippen LogP contribution in [0.1, 0.15) is 34.0 Å². The molecule has 1 amide bonds. The van der Waals surface area contributed by atoms with Gasteiger partial charge in [-0.05, 0) is 56.2 Å². The number of hydrogen-bond donors (Lipinski definition) is 0. The topological polar surface area (TPSA) is 56.6 Å². The highest BCUT2D eigenvalue weighted by Gasteiger charge is 2.47. The Bertz CT molecular complexity index is 1020. The first-order valence-corrected chi connectivity index (χ1v) is 10.2. The molecule has 0 N–H and O–H groups in total. The van der Waals surface area contributed by atoms with Gasteiger partial charge in [-0.25, -0.2) is 4.39 Å². The smallest absolute Gasteiger partial charge is 0.257 e. The molecule has 0 radical (unpaired) electrons. The maximum Gasteiger partial charge on any atom is 0.257 e. The van der Waals surface area contributed by atoms with Crippen LogP contribution in [-0.4, -0.2) is 43.6 Å². The molecule has 0 bridgehead atoms. The lowest BCUT2D eigenvalue weighted by Gasteiger charge is -2.28. The van der Waals surface area contributed by atoms with Crippen LogP contribution in [0.3, 0.4) is 0 Å². The van der Waals surface area contributed by atoms with Crippen molar-refractivity contribution in [2.24, 2.45) is 11.8 Å². The van der Waals surface area contributed by atoms with E-state index in [1.165, 1.54) is 19.2 Å². The zero-order valence-corrected chi connectivity index (χ0v) is 17.8. The van der Waals surface area contributed by atoms with E-state index in [-0.39, 0.29) is 17.5 Å². The Hall–Kier alpha value is -3.07. The molecular formula is C24H26FN3O2. The summed E-state index contributed by atoms with van der Waals surface area (Å²) >= 11 is 0. The third kappa shape index (κ3) is 3.28. The predicted molar refractivity (Wildman–Crippen MR) is 113 cm³/mol. The van der Waals surface area contributed by atoms with Crippen molar-refractivity contribution in [3.05, 3.63) is 58.4 Å². The first-order chi connectivity index (χ1) is 14.3. The molecule has 2 heterocycles. The molecule has 0 aliphatic carbocycles. The lowest BCUT2D eigenvalue weighted by atomic mass is 9.95. The molecule has 4 rings (SSSR count). The largest absolute Gasteiger partial charge is 0.497 e. The van der Waals surface area contributed by atoms with Gasteiger partial charge in [-0.3, -0.25) is 4.79 Å². The Morgan fingerprint density at radius 3 is 2.43 bits per heavy atom. The minimum absolute atomic E-state index is 0.0366. The van der Waals surface area contributed by atoms with E-state index in [0.717, 1.165) is 35.5 Å². The van der Waals surface area contributed by atoms with E-state index in [2.05, 4.69) is 30.0 Å². The fourth-order valence-electron chi connectivity index (χ4n) is 5.02. The van der Waals surface area contributed by atoms with Crippen LogP contribution in [0.4, 0.5) is 10.1 Å². The second-order valence-electron chi connectivity index (χ2n) is 8.44. The number of nitrogens with zero attached hydrogens (tertiary/aromatic N) is 3. The van der Waals surface area contributed by atoms with E-state index in [4.69, 9.17) is 4.74 Å². The maximum atomic E-state index is 14.4. The van der Waals surface area contributed by atoms with Crippen LogP contribution in [0, 0.1) is 42.8 Å². The molecule has 2 aliphatic heterocycles. The molecule has 156 valence electrons. The second-order valence-corrected chi connectivity index (χ2v) is 8.44. The number of benzene rings is 2. The van der Waals surface area contributed by atoms with Crippen molar-refractivity contribution >= 4 is 11.6 Å². The van der Waals surface area contributed by atoms with Gasteiger partial charge in [0, 0.05) is 49.3 Å². The monoisotopic (exact) mass is 407 g/mol. The first-order valence-electron chi connectivity index (χ1n) is 10.2. The Labute approximate surface area is 176 Å². The van der Waals surface area contributed by atoms with Gasteiger partial charge < -0.3 is 14.5 Å².